The van der Waals surface area contributed by atoms with Crippen molar-refractivity contribution in [3.8, 4) is 17.0 Å². The summed E-state index contributed by atoms with van der Waals surface area (Å²) < 4.78 is 7.08. The Labute approximate surface area is 203 Å². The van der Waals surface area contributed by atoms with Crippen molar-refractivity contribution < 1.29 is 9.53 Å². The number of amides is 1. The summed E-state index contributed by atoms with van der Waals surface area (Å²) in [6, 6.07) is 18.3. The molecule has 0 radical (unpaired) electrons. The van der Waals surface area contributed by atoms with Crippen LogP contribution in [-0.2, 0) is 11.2 Å². The van der Waals surface area contributed by atoms with E-state index in [0.717, 1.165) is 72.4 Å². The van der Waals surface area contributed by atoms with Gasteiger partial charge in [0.2, 0.25) is 16.0 Å². The first-order valence-corrected chi connectivity index (χ1v) is 12.6. The Morgan fingerprint density at radius 1 is 1.12 bits per heavy atom. The molecule has 176 valence electrons. The van der Waals surface area contributed by atoms with Crippen molar-refractivity contribution in [1.82, 2.24) is 19.9 Å². The Morgan fingerprint density at radius 3 is 2.59 bits per heavy atom. The molecule has 1 aliphatic heterocycles. The molecule has 0 bridgehead atoms. The van der Waals surface area contributed by atoms with Crippen molar-refractivity contribution in [3.63, 3.8) is 0 Å². The van der Waals surface area contributed by atoms with Crippen LogP contribution < -0.4 is 15.0 Å². The second-order valence-electron chi connectivity index (χ2n) is 8.61. The van der Waals surface area contributed by atoms with Gasteiger partial charge in [0.05, 0.1) is 19.0 Å². The number of hydrogen-bond donors (Lipinski definition) is 1. The molecule has 3 heterocycles. The molecule has 1 amide bonds. The number of rotatable bonds is 8. The summed E-state index contributed by atoms with van der Waals surface area (Å²) in [6.45, 7) is 2.41. The van der Waals surface area contributed by atoms with Gasteiger partial charge in [0.15, 0.2) is 0 Å². The molecule has 0 unspecified atom stereocenters. The van der Waals surface area contributed by atoms with Gasteiger partial charge >= 0.3 is 0 Å². The lowest BCUT2D eigenvalue weighted by Crippen LogP contribution is -2.40. The first-order chi connectivity index (χ1) is 16.7. The van der Waals surface area contributed by atoms with Crippen LogP contribution in [0.4, 0.5) is 5.13 Å². The predicted molar refractivity (Wildman–Crippen MR) is 136 cm³/mol. The van der Waals surface area contributed by atoms with Gasteiger partial charge in [-0.25, -0.2) is 9.50 Å². The Hall–Kier alpha value is -3.39. The fourth-order valence-corrected chi connectivity index (χ4v) is 5.28. The maximum Gasteiger partial charge on any atom is 0.223 e. The number of nitrogens with zero attached hydrogens (tertiary/aromatic N) is 4. The number of fused-ring (bicyclic) bond motifs is 1. The molecule has 0 atom stereocenters. The van der Waals surface area contributed by atoms with E-state index in [0.29, 0.717) is 0 Å². The second kappa shape index (κ2) is 10.3. The van der Waals surface area contributed by atoms with Crippen molar-refractivity contribution in [1.29, 1.82) is 0 Å². The normalized spacial score (nSPS) is 14.4. The van der Waals surface area contributed by atoms with Crippen LogP contribution in [0.25, 0.3) is 16.2 Å². The number of methoxy groups -OCH3 is 1. The van der Waals surface area contributed by atoms with Crippen molar-refractivity contribution in [2.24, 2.45) is 5.92 Å². The number of aryl methyl sites for hydroxylation is 1. The Morgan fingerprint density at radius 2 is 1.88 bits per heavy atom. The number of carbonyl (C=O) groups is 1. The molecule has 4 aromatic rings. The number of aromatic nitrogens is 3. The highest BCUT2D eigenvalue weighted by Crippen LogP contribution is 2.30. The van der Waals surface area contributed by atoms with Crippen LogP contribution in [0.15, 0.2) is 60.8 Å². The van der Waals surface area contributed by atoms with E-state index >= 15 is 0 Å². The molecule has 1 aliphatic rings. The van der Waals surface area contributed by atoms with Crippen LogP contribution in [0.3, 0.4) is 0 Å². The minimum absolute atomic E-state index is 0.0821. The number of imidazole rings is 1. The van der Waals surface area contributed by atoms with Gasteiger partial charge in [0, 0.05) is 31.1 Å². The summed E-state index contributed by atoms with van der Waals surface area (Å²) in [4.78, 5) is 20.5. The molecule has 2 aromatic carbocycles. The van der Waals surface area contributed by atoms with Crippen LogP contribution in [0, 0.1) is 5.92 Å². The molecule has 0 saturated carbocycles. The van der Waals surface area contributed by atoms with Gasteiger partial charge in [-0.3, -0.25) is 4.79 Å². The summed E-state index contributed by atoms with van der Waals surface area (Å²) >= 11 is 1.59. The highest BCUT2D eigenvalue weighted by molar-refractivity contribution is 7.20. The van der Waals surface area contributed by atoms with E-state index in [4.69, 9.17) is 14.8 Å². The van der Waals surface area contributed by atoms with Crippen molar-refractivity contribution in [2.75, 3.05) is 31.6 Å². The summed E-state index contributed by atoms with van der Waals surface area (Å²) in [5.41, 5.74) is 3.25. The van der Waals surface area contributed by atoms with Crippen LogP contribution in [0.5, 0.6) is 5.75 Å². The number of benzene rings is 2. The lowest BCUT2D eigenvalue weighted by Gasteiger charge is -2.30. The van der Waals surface area contributed by atoms with E-state index in [9.17, 15) is 4.79 Å². The molecule has 5 rings (SSSR count). The summed E-state index contributed by atoms with van der Waals surface area (Å²) in [5.74, 6) is 1.10. The van der Waals surface area contributed by atoms with Gasteiger partial charge in [0.25, 0.3) is 0 Å². The van der Waals surface area contributed by atoms with E-state index in [-0.39, 0.29) is 11.8 Å². The van der Waals surface area contributed by atoms with Crippen LogP contribution in [0.2, 0.25) is 0 Å². The average Bonchev–Trinajstić information content (AvgIpc) is 3.47. The zero-order valence-electron chi connectivity index (χ0n) is 19.3. The van der Waals surface area contributed by atoms with Crippen LogP contribution in [-0.4, -0.2) is 47.2 Å². The molecule has 0 aliphatic carbocycles. The molecular formula is C26H29N5O2S. The first-order valence-electron chi connectivity index (χ1n) is 11.8. The maximum absolute atomic E-state index is 12.6. The molecule has 8 heteroatoms. The van der Waals surface area contributed by atoms with Crippen LogP contribution >= 0.6 is 11.3 Å². The molecule has 7 nitrogen and oxygen atoms in total. The molecule has 2 aromatic heterocycles. The van der Waals surface area contributed by atoms with Gasteiger partial charge in [-0.1, -0.05) is 41.7 Å². The number of hydrogen-bond acceptors (Lipinski definition) is 6. The Bertz CT molecular complexity index is 1200. The number of anilines is 1. The van der Waals surface area contributed by atoms with E-state index in [1.165, 1.54) is 5.56 Å². The first kappa shape index (κ1) is 22.4. The smallest absolute Gasteiger partial charge is 0.223 e. The third-order valence-electron chi connectivity index (χ3n) is 6.34. The lowest BCUT2D eigenvalue weighted by molar-refractivity contribution is -0.125. The van der Waals surface area contributed by atoms with Gasteiger partial charge in [-0.05, 0) is 55.5 Å². The zero-order chi connectivity index (χ0) is 23.3. The second-order valence-corrected chi connectivity index (χ2v) is 9.54. The molecule has 34 heavy (non-hydrogen) atoms. The SMILES string of the molecule is COc1ccc(-c2cn3nc(N4CCC(C(=O)NCCCc5ccccc5)CC4)sc3n2)cc1. The number of piperidine rings is 1. The summed E-state index contributed by atoms with van der Waals surface area (Å²) in [6.07, 6.45) is 5.62. The lowest BCUT2D eigenvalue weighted by atomic mass is 9.96. The number of nitrogens with one attached hydrogen (secondary N) is 1. The third kappa shape index (κ3) is 5.07. The van der Waals surface area contributed by atoms with Gasteiger partial charge in [-0.15, -0.1) is 5.10 Å². The van der Waals surface area contributed by atoms with E-state index in [2.05, 4.69) is 34.5 Å². The predicted octanol–water partition coefficient (Wildman–Crippen LogP) is 4.43. The van der Waals surface area contributed by atoms with E-state index in [1.807, 2.05) is 41.0 Å². The average molecular weight is 476 g/mol. The van der Waals surface area contributed by atoms with Gasteiger partial charge < -0.3 is 15.0 Å². The summed E-state index contributed by atoms with van der Waals surface area (Å²) in [7, 11) is 1.66. The molecule has 1 fully saturated rings. The van der Waals surface area contributed by atoms with Crippen LogP contribution in [0.1, 0.15) is 24.8 Å². The summed E-state index contributed by atoms with van der Waals surface area (Å²) in [5, 5.41) is 8.84. The van der Waals surface area contributed by atoms with Gasteiger partial charge in [0.1, 0.15) is 5.75 Å². The minimum Gasteiger partial charge on any atom is -0.497 e. The number of ether oxygens (including phenoxy) is 1. The highest BCUT2D eigenvalue weighted by atomic mass is 32.1. The van der Waals surface area contributed by atoms with Crippen molar-refractivity contribution in [2.45, 2.75) is 25.7 Å². The molecule has 0 spiro atoms. The minimum atomic E-state index is 0.0821. The standard InChI is InChI=1S/C26H29N5O2S/c1-33-22-11-9-20(10-12-22)23-18-31-25(28-23)34-26(29-31)30-16-13-21(14-17-30)24(32)27-15-5-8-19-6-3-2-4-7-19/h2-4,6-7,9-12,18,21H,5,8,13-17H2,1H3,(H,27,32). The van der Waals surface area contributed by atoms with E-state index in [1.54, 1.807) is 18.4 Å². The van der Waals surface area contributed by atoms with Crippen molar-refractivity contribution in [3.05, 3.63) is 66.4 Å². The number of carbonyl (C=O) groups excluding carboxylic acids is 1. The van der Waals surface area contributed by atoms with Crippen molar-refractivity contribution >= 4 is 27.3 Å². The third-order valence-corrected chi connectivity index (χ3v) is 7.32. The Kier molecular flexibility index (Phi) is 6.76. The fraction of sp³-hybridized carbons (Fsp3) is 0.346. The maximum atomic E-state index is 12.6. The quantitative estimate of drug-likeness (QED) is 0.382. The zero-order valence-corrected chi connectivity index (χ0v) is 20.1. The molecular weight excluding hydrogens is 446 g/mol. The Balaban J connectivity index is 1.11. The fourth-order valence-electron chi connectivity index (χ4n) is 4.34. The molecule has 1 saturated heterocycles. The van der Waals surface area contributed by atoms with E-state index < -0.39 is 0 Å². The highest BCUT2D eigenvalue weighted by Gasteiger charge is 2.26. The topological polar surface area (TPSA) is 71.8 Å². The monoisotopic (exact) mass is 475 g/mol. The largest absolute Gasteiger partial charge is 0.497 e. The van der Waals surface area contributed by atoms with Gasteiger partial charge in [-0.2, -0.15) is 0 Å². The molecule has 1 N–H and O–H groups in total.